The van der Waals surface area contributed by atoms with Gasteiger partial charge >= 0.3 is 0 Å². The highest BCUT2D eigenvalue weighted by molar-refractivity contribution is 5.67. The van der Waals surface area contributed by atoms with Crippen LogP contribution in [0.2, 0.25) is 0 Å². The van der Waals surface area contributed by atoms with Gasteiger partial charge in [-0.05, 0) is 35.6 Å². The Kier molecular flexibility index (Phi) is 5.73. The second-order valence-corrected chi connectivity index (χ2v) is 6.16. The van der Waals surface area contributed by atoms with Crippen molar-refractivity contribution in [1.29, 1.82) is 0 Å². The summed E-state index contributed by atoms with van der Waals surface area (Å²) in [5, 5.41) is 0. The summed E-state index contributed by atoms with van der Waals surface area (Å²) in [5.41, 5.74) is 4.97. The summed E-state index contributed by atoms with van der Waals surface area (Å²) in [5.74, 6) is 0.770. The molecule has 0 spiro atoms. The molecule has 3 rings (SSSR count). The normalized spacial score (nSPS) is 10.7. The van der Waals surface area contributed by atoms with Gasteiger partial charge < -0.3 is 0 Å². The molecule has 0 fully saturated rings. The van der Waals surface area contributed by atoms with Crippen molar-refractivity contribution < 1.29 is 0 Å². The fourth-order valence-electron chi connectivity index (χ4n) is 2.88. The van der Waals surface area contributed by atoms with Crippen molar-refractivity contribution in [2.75, 3.05) is 0 Å². The molecule has 0 aliphatic heterocycles. The summed E-state index contributed by atoms with van der Waals surface area (Å²) in [6.45, 7) is 2.25. The molecule has 0 N–H and O–H groups in total. The number of benzene rings is 2. The molecule has 1 heterocycles. The first-order chi connectivity index (χ1) is 11.9. The largest absolute Gasteiger partial charge is 0.237 e. The van der Waals surface area contributed by atoms with Gasteiger partial charge in [0.1, 0.15) is 0 Å². The zero-order valence-electron chi connectivity index (χ0n) is 14.3. The molecule has 2 nitrogen and oxygen atoms in total. The van der Waals surface area contributed by atoms with Crippen molar-refractivity contribution in [3.8, 4) is 22.5 Å². The third-order valence-corrected chi connectivity index (χ3v) is 4.32. The average Bonchev–Trinajstić information content (AvgIpc) is 2.67. The summed E-state index contributed by atoms with van der Waals surface area (Å²) in [6.07, 6.45) is 9.99. The van der Waals surface area contributed by atoms with Crippen LogP contribution in [-0.4, -0.2) is 9.97 Å². The number of aromatic nitrogens is 2. The summed E-state index contributed by atoms with van der Waals surface area (Å²) in [4.78, 5) is 8.59. The van der Waals surface area contributed by atoms with E-state index in [0.29, 0.717) is 0 Å². The number of aryl methyl sites for hydroxylation is 1. The molecular formula is C22H24N2. The van der Waals surface area contributed by atoms with E-state index in [9.17, 15) is 0 Å². The van der Waals surface area contributed by atoms with Crippen LogP contribution in [0.3, 0.4) is 0 Å². The molecule has 0 atom stereocenters. The van der Waals surface area contributed by atoms with Crippen LogP contribution >= 0.6 is 0 Å². The van der Waals surface area contributed by atoms with Crippen molar-refractivity contribution >= 4 is 0 Å². The van der Waals surface area contributed by atoms with Gasteiger partial charge in [0.15, 0.2) is 5.82 Å². The second kappa shape index (κ2) is 8.39. The molecule has 0 radical (unpaired) electrons. The highest BCUT2D eigenvalue weighted by Gasteiger charge is 2.02. The van der Waals surface area contributed by atoms with Crippen LogP contribution in [0.1, 0.15) is 38.2 Å². The van der Waals surface area contributed by atoms with Crippen LogP contribution in [0, 0.1) is 0 Å². The number of unbranched alkanes of at least 4 members (excludes halogenated alkanes) is 3. The maximum atomic E-state index is 4.29. The average molecular weight is 316 g/mol. The van der Waals surface area contributed by atoms with Crippen LogP contribution in [0.15, 0.2) is 67.0 Å². The molecular weight excluding hydrogens is 292 g/mol. The predicted molar refractivity (Wildman–Crippen MR) is 101 cm³/mol. The van der Waals surface area contributed by atoms with Gasteiger partial charge in [0.2, 0.25) is 0 Å². The van der Waals surface area contributed by atoms with Gasteiger partial charge in [-0.1, -0.05) is 74.7 Å². The van der Waals surface area contributed by atoms with Gasteiger partial charge in [-0.15, -0.1) is 0 Å². The molecule has 0 saturated carbocycles. The van der Waals surface area contributed by atoms with Crippen LogP contribution in [-0.2, 0) is 6.42 Å². The van der Waals surface area contributed by atoms with E-state index in [0.717, 1.165) is 11.4 Å². The van der Waals surface area contributed by atoms with E-state index < -0.39 is 0 Å². The van der Waals surface area contributed by atoms with Crippen molar-refractivity contribution in [1.82, 2.24) is 9.97 Å². The van der Waals surface area contributed by atoms with Gasteiger partial charge in [-0.3, -0.25) is 0 Å². The van der Waals surface area contributed by atoms with Crippen LogP contribution < -0.4 is 0 Å². The Morgan fingerprint density at radius 2 is 1.25 bits per heavy atom. The zero-order valence-corrected chi connectivity index (χ0v) is 14.3. The molecule has 3 aromatic rings. The SMILES string of the molecule is CCCCCCc1ccc(-c2ccc(-c3ncccn3)cc2)cc1. The molecule has 1 aromatic heterocycles. The van der Waals surface area contributed by atoms with Crippen molar-refractivity contribution in [3.63, 3.8) is 0 Å². The van der Waals surface area contributed by atoms with Gasteiger partial charge in [-0.2, -0.15) is 0 Å². The maximum Gasteiger partial charge on any atom is 0.159 e. The Balaban J connectivity index is 1.66. The molecule has 0 amide bonds. The first-order valence-corrected chi connectivity index (χ1v) is 8.83. The Bertz CT molecular complexity index is 731. The smallest absolute Gasteiger partial charge is 0.159 e. The zero-order chi connectivity index (χ0) is 16.6. The molecule has 2 aromatic carbocycles. The molecule has 24 heavy (non-hydrogen) atoms. The number of hydrogen-bond acceptors (Lipinski definition) is 2. The second-order valence-electron chi connectivity index (χ2n) is 6.16. The van der Waals surface area contributed by atoms with E-state index in [2.05, 4.69) is 65.4 Å². The van der Waals surface area contributed by atoms with Crippen molar-refractivity contribution in [2.24, 2.45) is 0 Å². The Labute approximate surface area is 144 Å². The third-order valence-electron chi connectivity index (χ3n) is 4.32. The maximum absolute atomic E-state index is 4.29. The summed E-state index contributed by atoms with van der Waals surface area (Å²) < 4.78 is 0. The minimum atomic E-state index is 0.770. The highest BCUT2D eigenvalue weighted by atomic mass is 14.8. The minimum absolute atomic E-state index is 0.770. The Morgan fingerprint density at radius 3 is 1.88 bits per heavy atom. The van der Waals surface area contributed by atoms with Crippen LogP contribution in [0.4, 0.5) is 0 Å². The minimum Gasteiger partial charge on any atom is -0.237 e. The molecule has 0 saturated heterocycles. The van der Waals surface area contributed by atoms with E-state index in [-0.39, 0.29) is 0 Å². The first kappa shape index (κ1) is 16.4. The van der Waals surface area contributed by atoms with Gasteiger partial charge in [0.25, 0.3) is 0 Å². The van der Waals surface area contributed by atoms with Gasteiger partial charge in [0.05, 0.1) is 0 Å². The number of nitrogens with zero attached hydrogens (tertiary/aromatic N) is 2. The quantitative estimate of drug-likeness (QED) is 0.505. The lowest BCUT2D eigenvalue weighted by Crippen LogP contribution is -1.88. The predicted octanol–water partition coefficient (Wildman–Crippen LogP) is 5.93. The van der Waals surface area contributed by atoms with E-state index in [1.54, 1.807) is 12.4 Å². The first-order valence-electron chi connectivity index (χ1n) is 8.83. The lowest BCUT2D eigenvalue weighted by atomic mass is 10.00. The molecule has 0 bridgehead atoms. The van der Waals surface area contributed by atoms with Gasteiger partial charge in [0, 0.05) is 18.0 Å². The van der Waals surface area contributed by atoms with E-state index in [4.69, 9.17) is 0 Å². The number of rotatable bonds is 7. The summed E-state index contributed by atoms with van der Waals surface area (Å²) >= 11 is 0. The number of hydrogen-bond donors (Lipinski definition) is 0. The molecule has 0 aliphatic carbocycles. The van der Waals surface area contributed by atoms with Crippen LogP contribution in [0.25, 0.3) is 22.5 Å². The van der Waals surface area contributed by atoms with E-state index in [1.807, 2.05) is 6.07 Å². The third kappa shape index (κ3) is 4.29. The summed E-state index contributed by atoms with van der Waals surface area (Å²) in [7, 11) is 0. The van der Waals surface area contributed by atoms with Crippen molar-refractivity contribution in [3.05, 3.63) is 72.6 Å². The fourth-order valence-corrected chi connectivity index (χ4v) is 2.88. The topological polar surface area (TPSA) is 25.8 Å². The molecule has 0 aliphatic rings. The molecule has 0 unspecified atom stereocenters. The van der Waals surface area contributed by atoms with E-state index in [1.165, 1.54) is 48.8 Å². The monoisotopic (exact) mass is 316 g/mol. The fraction of sp³-hybridized carbons (Fsp3) is 0.273. The van der Waals surface area contributed by atoms with E-state index >= 15 is 0 Å². The standard InChI is InChI=1S/C22H24N2/c1-2-3-4-5-7-18-8-10-19(11-9-18)20-12-14-21(15-13-20)22-23-16-6-17-24-22/h6,8-17H,2-5,7H2,1H3. The lowest BCUT2D eigenvalue weighted by molar-refractivity contribution is 0.667. The van der Waals surface area contributed by atoms with Gasteiger partial charge in [-0.25, -0.2) is 9.97 Å². The Morgan fingerprint density at radius 1 is 0.667 bits per heavy atom. The molecule has 2 heteroatoms. The van der Waals surface area contributed by atoms with Crippen LogP contribution in [0.5, 0.6) is 0 Å². The Hall–Kier alpha value is -2.48. The van der Waals surface area contributed by atoms with Crippen molar-refractivity contribution in [2.45, 2.75) is 39.0 Å². The highest BCUT2D eigenvalue weighted by Crippen LogP contribution is 2.23. The molecule has 122 valence electrons. The summed E-state index contributed by atoms with van der Waals surface area (Å²) in [6, 6.07) is 19.3. The lowest BCUT2D eigenvalue weighted by Gasteiger charge is -2.06.